The van der Waals surface area contributed by atoms with Crippen LogP contribution in [-0.2, 0) is 14.2 Å². The van der Waals surface area contributed by atoms with Crippen LogP contribution in [0.5, 0.6) is 5.75 Å². The van der Waals surface area contributed by atoms with Crippen LogP contribution >= 0.6 is 12.2 Å². The first kappa shape index (κ1) is 17.8. The maximum absolute atomic E-state index is 5.61. The Morgan fingerprint density at radius 3 is 2.48 bits per heavy atom. The van der Waals surface area contributed by atoms with Crippen LogP contribution in [0.25, 0.3) is 0 Å². The molecule has 0 saturated carbocycles. The molecule has 2 N–H and O–H groups in total. The first-order chi connectivity index (χ1) is 10.2. The summed E-state index contributed by atoms with van der Waals surface area (Å²) in [5, 5.41) is 0. The Kier molecular flexibility index (Phi) is 9.73. The maximum atomic E-state index is 5.61. The van der Waals surface area contributed by atoms with Gasteiger partial charge in [0.15, 0.2) is 0 Å². The third-order valence-corrected chi connectivity index (χ3v) is 2.86. The van der Waals surface area contributed by atoms with Crippen molar-refractivity contribution in [1.82, 2.24) is 0 Å². The van der Waals surface area contributed by atoms with Gasteiger partial charge in [-0.3, -0.25) is 0 Å². The summed E-state index contributed by atoms with van der Waals surface area (Å²) in [5.74, 6) is 0.767. The molecule has 0 aliphatic rings. The summed E-state index contributed by atoms with van der Waals surface area (Å²) in [4.78, 5) is 0.372. The lowest BCUT2D eigenvalue weighted by Crippen LogP contribution is -2.11. The van der Waals surface area contributed by atoms with E-state index < -0.39 is 0 Å². The van der Waals surface area contributed by atoms with Crippen LogP contribution in [0.1, 0.15) is 12.0 Å². The van der Waals surface area contributed by atoms with E-state index in [0.717, 1.165) is 17.7 Å². The SMILES string of the molecule is COCCOCCOCCCOc1cccc(C(N)=S)c1. The lowest BCUT2D eigenvalue weighted by molar-refractivity contribution is 0.0224. The Bertz CT molecular complexity index is 414. The normalized spacial score (nSPS) is 10.5. The molecule has 0 radical (unpaired) electrons. The Morgan fingerprint density at radius 1 is 1.05 bits per heavy atom. The van der Waals surface area contributed by atoms with Crippen LogP contribution in [0.4, 0.5) is 0 Å². The van der Waals surface area contributed by atoms with Crippen molar-refractivity contribution < 1.29 is 18.9 Å². The minimum absolute atomic E-state index is 0.372. The van der Waals surface area contributed by atoms with E-state index >= 15 is 0 Å². The number of nitrogens with two attached hydrogens (primary N) is 1. The summed E-state index contributed by atoms with van der Waals surface area (Å²) < 4.78 is 21.2. The fourth-order valence-electron chi connectivity index (χ4n) is 1.55. The van der Waals surface area contributed by atoms with E-state index in [9.17, 15) is 0 Å². The molecule has 6 heteroatoms. The minimum Gasteiger partial charge on any atom is -0.493 e. The van der Waals surface area contributed by atoms with Crippen molar-refractivity contribution in [3.8, 4) is 5.75 Å². The van der Waals surface area contributed by atoms with E-state index in [-0.39, 0.29) is 0 Å². The predicted octanol–water partition coefficient (Wildman–Crippen LogP) is 1.77. The third kappa shape index (κ3) is 8.62. The van der Waals surface area contributed by atoms with Gasteiger partial charge in [0.25, 0.3) is 0 Å². The third-order valence-electron chi connectivity index (χ3n) is 2.62. The smallest absolute Gasteiger partial charge is 0.119 e. The number of methoxy groups -OCH3 is 1. The minimum atomic E-state index is 0.372. The highest BCUT2D eigenvalue weighted by Gasteiger charge is 1.99. The molecule has 0 spiro atoms. The molecule has 1 rings (SSSR count). The topological polar surface area (TPSA) is 62.9 Å². The van der Waals surface area contributed by atoms with Gasteiger partial charge in [-0.2, -0.15) is 0 Å². The van der Waals surface area contributed by atoms with E-state index in [0.29, 0.717) is 44.6 Å². The molecule has 1 aromatic rings. The van der Waals surface area contributed by atoms with Gasteiger partial charge in [0.2, 0.25) is 0 Å². The molecule has 0 heterocycles. The molecule has 21 heavy (non-hydrogen) atoms. The zero-order chi connectivity index (χ0) is 15.3. The standard InChI is InChI=1S/C15H23NO4S/c1-17-8-9-19-11-10-18-6-3-7-20-14-5-2-4-13(12-14)15(16)21/h2,4-5,12H,3,6-11H2,1H3,(H2,16,21). The number of benzene rings is 1. The van der Waals surface area contributed by atoms with E-state index in [1.165, 1.54) is 0 Å². The van der Waals surface area contributed by atoms with Crippen LogP contribution in [0, 0.1) is 0 Å². The lowest BCUT2D eigenvalue weighted by Gasteiger charge is -2.08. The average Bonchev–Trinajstić information content (AvgIpc) is 2.49. The maximum Gasteiger partial charge on any atom is 0.119 e. The Morgan fingerprint density at radius 2 is 1.76 bits per heavy atom. The highest BCUT2D eigenvalue weighted by molar-refractivity contribution is 7.80. The van der Waals surface area contributed by atoms with Gasteiger partial charge in [0.05, 0.1) is 33.0 Å². The van der Waals surface area contributed by atoms with Crippen LogP contribution in [0.2, 0.25) is 0 Å². The summed E-state index contributed by atoms with van der Waals surface area (Å²) in [6.45, 7) is 3.61. The molecule has 0 unspecified atom stereocenters. The van der Waals surface area contributed by atoms with Gasteiger partial charge in [-0.1, -0.05) is 24.4 Å². The first-order valence-electron chi connectivity index (χ1n) is 6.91. The van der Waals surface area contributed by atoms with Gasteiger partial charge in [0.1, 0.15) is 10.7 Å². The molecule has 0 amide bonds. The lowest BCUT2D eigenvalue weighted by atomic mass is 10.2. The summed E-state index contributed by atoms with van der Waals surface area (Å²) in [7, 11) is 1.65. The highest BCUT2D eigenvalue weighted by Crippen LogP contribution is 2.13. The molecular formula is C15H23NO4S. The van der Waals surface area contributed by atoms with Gasteiger partial charge >= 0.3 is 0 Å². The fourth-order valence-corrected chi connectivity index (χ4v) is 1.68. The second kappa shape index (κ2) is 11.4. The Hall–Kier alpha value is -1.21. The predicted molar refractivity (Wildman–Crippen MR) is 86.0 cm³/mol. The van der Waals surface area contributed by atoms with Crippen LogP contribution in [0.15, 0.2) is 24.3 Å². The van der Waals surface area contributed by atoms with Gasteiger partial charge in [-0.15, -0.1) is 0 Å². The van der Waals surface area contributed by atoms with Crippen molar-refractivity contribution in [2.45, 2.75) is 6.42 Å². The van der Waals surface area contributed by atoms with Crippen molar-refractivity contribution in [3.05, 3.63) is 29.8 Å². The summed E-state index contributed by atoms with van der Waals surface area (Å²) in [6, 6.07) is 7.46. The molecule has 0 bridgehead atoms. The van der Waals surface area contributed by atoms with Gasteiger partial charge in [-0.05, 0) is 12.1 Å². The molecule has 5 nitrogen and oxygen atoms in total. The molecular weight excluding hydrogens is 290 g/mol. The quantitative estimate of drug-likeness (QED) is 0.469. The number of ether oxygens (including phenoxy) is 4. The van der Waals surface area contributed by atoms with Crippen LogP contribution in [0.3, 0.4) is 0 Å². The van der Waals surface area contributed by atoms with E-state index in [4.69, 9.17) is 36.9 Å². The van der Waals surface area contributed by atoms with Crippen molar-refractivity contribution in [3.63, 3.8) is 0 Å². The molecule has 0 atom stereocenters. The number of hydrogen-bond donors (Lipinski definition) is 1. The van der Waals surface area contributed by atoms with E-state index in [1.807, 2.05) is 24.3 Å². The summed E-state index contributed by atoms with van der Waals surface area (Å²) >= 11 is 4.93. The molecule has 0 aromatic heterocycles. The Balaban J connectivity index is 2.01. The van der Waals surface area contributed by atoms with Gasteiger partial charge in [0, 0.05) is 25.7 Å². The average molecular weight is 313 g/mol. The summed E-state index contributed by atoms with van der Waals surface area (Å²) in [6.07, 6.45) is 0.815. The van der Waals surface area contributed by atoms with Crippen LogP contribution in [-0.4, -0.2) is 51.7 Å². The van der Waals surface area contributed by atoms with Gasteiger partial charge < -0.3 is 24.7 Å². The number of thiocarbonyl (C=S) groups is 1. The molecule has 118 valence electrons. The highest BCUT2D eigenvalue weighted by atomic mass is 32.1. The second-order valence-corrected chi connectivity index (χ2v) is 4.75. The Labute approximate surface area is 131 Å². The molecule has 1 aromatic carbocycles. The zero-order valence-corrected chi connectivity index (χ0v) is 13.2. The van der Waals surface area contributed by atoms with Gasteiger partial charge in [-0.25, -0.2) is 0 Å². The summed E-state index contributed by atoms with van der Waals surface area (Å²) in [5.41, 5.74) is 6.38. The van der Waals surface area contributed by atoms with Crippen molar-refractivity contribution in [1.29, 1.82) is 0 Å². The van der Waals surface area contributed by atoms with Crippen molar-refractivity contribution in [2.24, 2.45) is 5.73 Å². The van der Waals surface area contributed by atoms with Crippen molar-refractivity contribution in [2.75, 3.05) is 46.8 Å². The van der Waals surface area contributed by atoms with E-state index in [2.05, 4.69) is 0 Å². The first-order valence-corrected chi connectivity index (χ1v) is 7.32. The fraction of sp³-hybridized carbons (Fsp3) is 0.533. The largest absolute Gasteiger partial charge is 0.493 e. The molecule has 0 aliphatic heterocycles. The molecule has 0 saturated heterocycles. The second-order valence-electron chi connectivity index (χ2n) is 4.31. The van der Waals surface area contributed by atoms with Crippen LogP contribution < -0.4 is 10.5 Å². The number of hydrogen-bond acceptors (Lipinski definition) is 5. The monoisotopic (exact) mass is 313 g/mol. The number of rotatable bonds is 12. The molecule has 0 fully saturated rings. The van der Waals surface area contributed by atoms with Crippen molar-refractivity contribution >= 4 is 17.2 Å². The molecule has 0 aliphatic carbocycles. The zero-order valence-electron chi connectivity index (χ0n) is 12.4. The van der Waals surface area contributed by atoms with E-state index in [1.54, 1.807) is 7.11 Å².